The van der Waals surface area contributed by atoms with Gasteiger partial charge in [-0.25, -0.2) is 0 Å². The molecule has 0 amide bonds. The van der Waals surface area contributed by atoms with Gasteiger partial charge in [-0.15, -0.1) is 5.70 Å². The number of hydrogen-bond donors (Lipinski definition) is 0. The Bertz CT molecular complexity index is 32.5. The maximum absolute atomic E-state index is 2.32. The van der Waals surface area contributed by atoms with Crippen LogP contribution in [0.4, 0.5) is 0 Å². The van der Waals surface area contributed by atoms with Crippen LogP contribution in [0, 0.1) is 0 Å². The fourth-order valence-electron chi connectivity index (χ4n) is 0.167. The molecule has 0 aromatic rings. The van der Waals surface area contributed by atoms with E-state index in [4.69, 9.17) is 0 Å². The van der Waals surface area contributed by atoms with Crippen molar-refractivity contribution < 1.29 is 0 Å². The van der Waals surface area contributed by atoms with Gasteiger partial charge in [0.1, 0.15) is 0 Å². The van der Waals surface area contributed by atoms with Gasteiger partial charge in [0, 0.05) is 9.52 Å². The Labute approximate surface area is 28.3 Å². The lowest BCUT2D eigenvalue weighted by Gasteiger charge is -1.91. The van der Waals surface area contributed by atoms with E-state index in [0.29, 0.717) is 9.52 Å². The third-order valence-corrected chi connectivity index (χ3v) is 2.00. The lowest BCUT2D eigenvalue weighted by molar-refractivity contribution is 1.64. The van der Waals surface area contributed by atoms with Crippen molar-refractivity contribution in [2.24, 2.45) is 0 Å². The minimum absolute atomic E-state index is 0.424. The van der Waals surface area contributed by atoms with E-state index in [1.165, 1.54) is 6.04 Å². The molecule has 1 aliphatic rings. The number of rotatable bonds is 0. The van der Waals surface area contributed by atoms with Crippen molar-refractivity contribution in [2.45, 2.75) is 6.04 Å². The zero-order valence-corrected chi connectivity index (χ0v) is 3.98. The molecule has 1 rings (SSSR count). The first-order valence-electron chi connectivity index (χ1n) is 1.65. The largest absolute Gasteiger partial charge is 0.105 e. The summed E-state index contributed by atoms with van der Waals surface area (Å²) >= 11 is 0. The van der Waals surface area contributed by atoms with Gasteiger partial charge in [0.05, 0.1) is 0 Å². The molecule has 0 radical (unpaired) electrons. The molecular formula is C3H6Si. The first-order valence-corrected chi connectivity index (χ1v) is 3.47. The average molecular weight is 70.2 g/mol. The molecular weight excluding hydrogens is 64.1 g/mol. The molecule has 0 saturated heterocycles. The van der Waals surface area contributed by atoms with E-state index >= 15 is 0 Å². The van der Waals surface area contributed by atoms with Crippen LogP contribution in [0.2, 0.25) is 6.04 Å². The molecule has 4 heavy (non-hydrogen) atoms. The molecule has 0 aromatic carbocycles. The zero-order chi connectivity index (χ0) is 2.83. The molecule has 0 atom stereocenters. The fourth-order valence-corrected chi connectivity index (χ4v) is 0.500. The summed E-state index contributed by atoms with van der Waals surface area (Å²) in [5.41, 5.74) is 2.32. The van der Waals surface area contributed by atoms with Gasteiger partial charge in [-0.3, -0.25) is 0 Å². The summed E-state index contributed by atoms with van der Waals surface area (Å²) in [5.74, 6) is 0. The van der Waals surface area contributed by atoms with Crippen molar-refractivity contribution in [1.29, 1.82) is 0 Å². The van der Waals surface area contributed by atoms with Crippen LogP contribution in [0.3, 0.4) is 0 Å². The van der Waals surface area contributed by atoms with E-state index in [2.05, 4.69) is 11.8 Å². The normalized spacial score (nSPS) is 26.0. The Morgan fingerprint density at radius 1 is 1.75 bits per heavy atom. The highest BCUT2D eigenvalue weighted by atomic mass is 28.2. The van der Waals surface area contributed by atoms with Crippen molar-refractivity contribution in [3.63, 3.8) is 0 Å². The highest BCUT2D eigenvalue weighted by Crippen LogP contribution is 1.91. The van der Waals surface area contributed by atoms with Crippen LogP contribution in [0.25, 0.3) is 0 Å². The standard InChI is InChI=1S/C3H6Si/c1-2-4-3-1/h1-2H,3-4H2. The van der Waals surface area contributed by atoms with Crippen LogP contribution in [0.5, 0.6) is 0 Å². The van der Waals surface area contributed by atoms with Gasteiger partial charge in [0.2, 0.25) is 0 Å². The smallest absolute Gasteiger partial charge is 0.0486 e. The minimum atomic E-state index is 0.424. The lowest BCUT2D eigenvalue weighted by atomic mass is 10.7. The van der Waals surface area contributed by atoms with Gasteiger partial charge in [0.25, 0.3) is 0 Å². The van der Waals surface area contributed by atoms with E-state index in [0.717, 1.165) is 0 Å². The van der Waals surface area contributed by atoms with Crippen LogP contribution in [0.15, 0.2) is 11.8 Å². The topological polar surface area (TPSA) is 0 Å². The summed E-state index contributed by atoms with van der Waals surface area (Å²) in [6.07, 6.45) is 2.24. The average Bonchev–Trinajstić information content (AvgIpc) is 0.722. The van der Waals surface area contributed by atoms with Gasteiger partial charge < -0.3 is 0 Å². The number of hydrogen-bond acceptors (Lipinski definition) is 0. The molecule has 1 aliphatic heterocycles. The Morgan fingerprint density at radius 2 is 2.00 bits per heavy atom. The van der Waals surface area contributed by atoms with Crippen molar-refractivity contribution >= 4 is 9.52 Å². The third kappa shape index (κ3) is 0.114. The lowest BCUT2D eigenvalue weighted by Crippen LogP contribution is -1.87. The van der Waals surface area contributed by atoms with Gasteiger partial charge in [-0.05, 0) is 6.04 Å². The van der Waals surface area contributed by atoms with Crippen molar-refractivity contribution in [1.82, 2.24) is 0 Å². The Hall–Kier alpha value is -0.0431. The van der Waals surface area contributed by atoms with Gasteiger partial charge in [-0.2, -0.15) is 0 Å². The van der Waals surface area contributed by atoms with Crippen LogP contribution in [-0.4, -0.2) is 9.52 Å². The van der Waals surface area contributed by atoms with Crippen LogP contribution < -0.4 is 0 Å². The summed E-state index contributed by atoms with van der Waals surface area (Å²) in [6.45, 7) is 0. The predicted octanol–water partition coefficient (Wildman–Crippen LogP) is 0.101. The van der Waals surface area contributed by atoms with E-state index in [1.54, 1.807) is 0 Å². The molecule has 0 aliphatic carbocycles. The van der Waals surface area contributed by atoms with Gasteiger partial charge >= 0.3 is 0 Å². The summed E-state index contributed by atoms with van der Waals surface area (Å²) in [4.78, 5) is 0. The third-order valence-electron chi connectivity index (χ3n) is 0.667. The monoisotopic (exact) mass is 70.0 g/mol. The second kappa shape index (κ2) is 0.723. The molecule has 1 heterocycles. The summed E-state index contributed by atoms with van der Waals surface area (Å²) in [7, 11) is 0.424. The SMILES string of the molecule is C1=C[SiH2]C1. The Kier molecular flexibility index (Phi) is 0.399. The first-order chi connectivity index (χ1) is 2.00. The molecule has 0 unspecified atom stereocenters. The van der Waals surface area contributed by atoms with Crippen LogP contribution in [0.1, 0.15) is 0 Å². The summed E-state index contributed by atoms with van der Waals surface area (Å²) in [5, 5.41) is 0. The highest BCUT2D eigenvalue weighted by Gasteiger charge is 1.83. The molecule has 0 nitrogen and oxygen atoms in total. The van der Waals surface area contributed by atoms with E-state index in [1.807, 2.05) is 0 Å². The van der Waals surface area contributed by atoms with E-state index < -0.39 is 0 Å². The number of allylic oxidation sites excluding steroid dienone is 1. The highest BCUT2D eigenvalue weighted by molar-refractivity contribution is 6.46. The summed E-state index contributed by atoms with van der Waals surface area (Å²) < 4.78 is 0. The zero-order valence-electron chi connectivity index (χ0n) is 2.57. The fraction of sp³-hybridized carbons (Fsp3) is 0.333. The quantitative estimate of drug-likeness (QED) is 0.355. The molecule has 0 spiro atoms. The molecule has 0 N–H and O–H groups in total. The molecule has 0 saturated carbocycles. The maximum Gasteiger partial charge on any atom is 0.0486 e. The second-order valence-corrected chi connectivity index (χ2v) is 2.67. The minimum Gasteiger partial charge on any atom is -0.105 e. The predicted molar refractivity (Wildman–Crippen MR) is 22.5 cm³/mol. The maximum atomic E-state index is 2.32. The van der Waals surface area contributed by atoms with Crippen molar-refractivity contribution in [3.05, 3.63) is 11.8 Å². The van der Waals surface area contributed by atoms with Gasteiger partial charge in [-0.1, -0.05) is 6.08 Å². The molecule has 0 fully saturated rings. The van der Waals surface area contributed by atoms with Crippen LogP contribution >= 0.6 is 0 Å². The molecule has 0 aromatic heterocycles. The molecule has 0 bridgehead atoms. The first kappa shape index (κ1) is 2.21. The van der Waals surface area contributed by atoms with Gasteiger partial charge in [0.15, 0.2) is 0 Å². The molecule has 1 heteroatoms. The molecule has 22 valence electrons. The Balaban J connectivity index is 2.47. The van der Waals surface area contributed by atoms with E-state index in [-0.39, 0.29) is 0 Å². The van der Waals surface area contributed by atoms with Crippen molar-refractivity contribution in [2.75, 3.05) is 0 Å². The second-order valence-electron chi connectivity index (χ2n) is 1.05. The summed E-state index contributed by atoms with van der Waals surface area (Å²) in [6, 6.07) is 1.46. The van der Waals surface area contributed by atoms with E-state index in [9.17, 15) is 0 Å². The van der Waals surface area contributed by atoms with Crippen molar-refractivity contribution in [3.8, 4) is 0 Å². The van der Waals surface area contributed by atoms with Crippen LogP contribution in [-0.2, 0) is 0 Å². The Morgan fingerprint density at radius 3 is 2.00 bits per heavy atom.